The molecule has 0 aliphatic heterocycles. The molecular formula is C11H13ClN4O. The van der Waals surface area contributed by atoms with Gasteiger partial charge in [0.2, 0.25) is 5.82 Å². The number of nitrogens with zero attached hydrogens (tertiary/aromatic N) is 4. The van der Waals surface area contributed by atoms with Crippen LogP contribution < -0.4 is 0 Å². The summed E-state index contributed by atoms with van der Waals surface area (Å²) in [5.74, 6) is 0.501. The van der Waals surface area contributed by atoms with E-state index >= 15 is 0 Å². The number of rotatable bonds is 4. The monoisotopic (exact) mass is 252 g/mol. The van der Waals surface area contributed by atoms with Crippen LogP contribution in [-0.4, -0.2) is 31.4 Å². The van der Waals surface area contributed by atoms with E-state index in [2.05, 4.69) is 15.4 Å². The standard InChI is InChI=1S/C11H13ClN4O/c1-8(17)6-7-16-14-11(13-15-16)9-4-2-3-5-10(9)12/h2-5,8,17H,6-7H2,1H3/t8-/m1/s1. The first-order valence-corrected chi connectivity index (χ1v) is 5.75. The van der Waals surface area contributed by atoms with Crippen LogP contribution in [-0.2, 0) is 6.54 Å². The van der Waals surface area contributed by atoms with Crippen molar-refractivity contribution in [1.29, 1.82) is 0 Å². The minimum Gasteiger partial charge on any atom is -0.393 e. The van der Waals surface area contributed by atoms with Crippen LogP contribution in [0.15, 0.2) is 24.3 Å². The Labute approximate surface area is 104 Å². The van der Waals surface area contributed by atoms with Crippen LogP contribution >= 0.6 is 11.6 Å². The van der Waals surface area contributed by atoms with Crippen molar-refractivity contribution in [3.63, 3.8) is 0 Å². The van der Waals surface area contributed by atoms with Gasteiger partial charge < -0.3 is 5.11 Å². The number of hydrogen-bond donors (Lipinski definition) is 1. The van der Waals surface area contributed by atoms with Gasteiger partial charge in [-0.1, -0.05) is 23.7 Å². The van der Waals surface area contributed by atoms with Gasteiger partial charge in [-0.15, -0.1) is 10.2 Å². The van der Waals surface area contributed by atoms with Crippen molar-refractivity contribution in [1.82, 2.24) is 20.2 Å². The summed E-state index contributed by atoms with van der Waals surface area (Å²) in [5, 5.41) is 21.8. The van der Waals surface area contributed by atoms with E-state index in [0.717, 1.165) is 5.56 Å². The average Bonchev–Trinajstić information content (AvgIpc) is 2.75. The van der Waals surface area contributed by atoms with Gasteiger partial charge in [0, 0.05) is 5.56 Å². The molecule has 0 aliphatic carbocycles. The Bertz CT molecular complexity index is 498. The molecule has 1 atom stereocenters. The molecule has 0 unspecified atom stereocenters. The van der Waals surface area contributed by atoms with E-state index in [4.69, 9.17) is 11.6 Å². The zero-order valence-corrected chi connectivity index (χ0v) is 10.2. The second-order valence-corrected chi connectivity index (χ2v) is 4.23. The fraction of sp³-hybridized carbons (Fsp3) is 0.364. The van der Waals surface area contributed by atoms with Gasteiger partial charge >= 0.3 is 0 Å². The van der Waals surface area contributed by atoms with Crippen LogP contribution in [0.3, 0.4) is 0 Å². The number of benzene rings is 1. The highest BCUT2D eigenvalue weighted by Crippen LogP contribution is 2.23. The van der Waals surface area contributed by atoms with Crippen molar-refractivity contribution in [3.8, 4) is 11.4 Å². The summed E-state index contributed by atoms with van der Waals surface area (Å²) in [6.45, 7) is 2.26. The molecule has 1 heterocycles. The lowest BCUT2D eigenvalue weighted by atomic mass is 10.2. The molecule has 0 fully saturated rings. The molecule has 0 saturated carbocycles. The Morgan fingerprint density at radius 1 is 1.41 bits per heavy atom. The summed E-state index contributed by atoms with van der Waals surface area (Å²) in [6.07, 6.45) is 0.225. The Balaban J connectivity index is 2.16. The first kappa shape index (κ1) is 12.0. The second-order valence-electron chi connectivity index (χ2n) is 3.83. The predicted molar refractivity (Wildman–Crippen MR) is 64.6 cm³/mol. The largest absolute Gasteiger partial charge is 0.393 e. The van der Waals surface area contributed by atoms with E-state index < -0.39 is 0 Å². The van der Waals surface area contributed by atoms with E-state index in [9.17, 15) is 5.11 Å². The molecule has 1 aromatic carbocycles. The van der Waals surface area contributed by atoms with Gasteiger partial charge in [-0.2, -0.15) is 4.80 Å². The van der Waals surface area contributed by atoms with E-state index in [1.165, 1.54) is 4.80 Å². The molecule has 2 rings (SSSR count). The SMILES string of the molecule is C[C@@H](O)CCn1nnc(-c2ccccc2Cl)n1. The molecule has 0 saturated heterocycles. The summed E-state index contributed by atoms with van der Waals surface area (Å²) in [7, 11) is 0. The zero-order valence-electron chi connectivity index (χ0n) is 9.41. The van der Waals surface area contributed by atoms with E-state index in [-0.39, 0.29) is 6.10 Å². The lowest BCUT2D eigenvalue weighted by molar-refractivity contribution is 0.173. The Morgan fingerprint density at radius 3 is 2.88 bits per heavy atom. The fourth-order valence-electron chi connectivity index (χ4n) is 1.39. The third-order valence-electron chi connectivity index (χ3n) is 2.31. The van der Waals surface area contributed by atoms with Crippen LogP contribution in [0.5, 0.6) is 0 Å². The molecule has 0 aliphatic rings. The van der Waals surface area contributed by atoms with Gasteiger partial charge in [-0.25, -0.2) is 0 Å². The maximum absolute atomic E-state index is 9.17. The van der Waals surface area contributed by atoms with Crippen LogP contribution in [0.2, 0.25) is 5.02 Å². The number of halogens is 1. The average molecular weight is 253 g/mol. The normalized spacial score (nSPS) is 12.6. The quantitative estimate of drug-likeness (QED) is 0.901. The lowest BCUT2D eigenvalue weighted by Crippen LogP contribution is -2.09. The zero-order chi connectivity index (χ0) is 12.3. The third kappa shape index (κ3) is 3.01. The molecule has 90 valence electrons. The summed E-state index contributed by atoms with van der Waals surface area (Å²) < 4.78 is 0. The lowest BCUT2D eigenvalue weighted by Gasteiger charge is -2.01. The number of aliphatic hydroxyl groups is 1. The maximum Gasteiger partial charge on any atom is 0.206 e. The van der Waals surface area contributed by atoms with E-state index in [1.54, 1.807) is 13.0 Å². The minimum absolute atomic E-state index is 0.371. The molecule has 2 aromatic rings. The summed E-state index contributed by atoms with van der Waals surface area (Å²) in [6, 6.07) is 7.35. The van der Waals surface area contributed by atoms with Crippen molar-refractivity contribution < 1.29 is 5.11 Å². The van der Waals surface area contributed by atoms with Crippen molar-refractivity contribution in [2.45, 2.75) is 26.0 Å². The van der Waals surface area contributed by atoms with Gasteiger partial charge in [0.15, 0.2) is 0 Å². The van der Waals surface area contributed by atoms with Crippen LogP contribution in [0.1, 0.15) is 13.3 Å². The van der Waals surface area contributed by atoms with Gasteiger partial charge in [-0.3, -0.25) is 0 Å². The van der Waals surface area contributed by atoms with E-state index in [1.807, 2.05) is 18.2 Å². The first-order valence-electron chi connectivity index (χ1n) is 5.37. The predicted octanol–water partition coefficient (Wildman–Crippen LogP) is 1.76. The molecule has 0 radical (unpaired) electrons. The summed E-state index contributed by atoms with van der Waals surface area (Å²) in [5.41, 5.74) is 0.762. The molecule has 5 nitrogen and oxygen atoms in total. The highest BCUT2D eigenvalue weighted by Gasteiger charge is 2.09. The van der Waals surface area contributed by atoms with Gasteiger partial charge in [0.05, 0.1) is 17.7 Å². The molecule has 0 spiro atoms. The molecular weight excluding hydrogens is 240 g/mol. The summed E-state index contributed by atoms with van der Waals surface area (Å²) >= 11 is 6.04. The number of aryl methyl sites for hydroxylation is 1. The van der Waals surface area contributed by atoms with E-state index in [0.29, 0.717) is 23.8 Å². The molecule has 17 heavy (non-hydrogen) atoms. The minimum atomic E-state index is -0.371. The topological polar surface area (TPSA) is 63.8 Å². The van der Waals surface area contributed by atoms with Gasteiger partial charge in [-0.05, 0) is 30.7 Å². The Morgan fingerprint density at radius 2 is 2.18 bits per heavy atom. The first-order chi connectivity index (χ1) is 8.16. The fourth-order valence-corrected chi connectivity index (χ4v) is 1.61. The molecule has 6 heteroatoms. The molecule has 1 N–H and O–H groups in total. The highest BCUT2D eigenvalue weighted by atomic mass is 35.5. The number of tetrazole rings is 1. The smallest absolute Gasteiger partial charge is 0.206 e. The number of aromatic nitrogens is 4. The van der Waals surface area contributed by atoms with Crippen molar-refractivity contribution >= 4 is 11.6 Å². The second kappa shape index (κ2) is 5.25. The van der Waals surface area contributed by atoms with Crippen molar-refractivity contribution in [3.05, 3.63) is 29.3 Å². The third-order valence-corrected chi connectivity index (χ3v) is 2.64. The molecule has 0 bridgehead atoms. The van der Waals surface area contributed by atoms with Crippen molar-refractivity contribution in [2.24, 2.45) is 0 Å². The van der Waals surface area contributed by atoms with Crippen LogP contribution in [0.25, 0.3) is 11.4 Å². The Hall–Kier alpha value is -1.46. The highest BCUT2D eigenvalue weighted by molar-refractivity contribution is 6.33. The maximum atomic E-state index is 9.17. The number of aliphatic hydroxyl groups excluding tert-OH is 1. The van der Waals surface area contributed by atoms with Crippen molar-refractivity contribution in [2.75, 3.05) is 0 Å². The van der Waals surface area contributed by atoms with Crippen LogP contribution in [0.4, 0.5) is 0 Å². The van der Waals surface area contributed by atoms with Gasteiger partial charge in [0.25, 0.3) is 0 Å². The Kier molecular flexibility index (Phi) is 3.71. The van der Waals surface area contributed by atoms with Gasteiger partial charge in [0.1, 0.15) is 0 Å². The molecule has 0 amide bonds. The molecule has 1 aromatic heterocycles. The summed E-state index contributed by atoms with van der Waals surface area (Å²) in [4.78, 5) is 1.46. The van der Waals surface area contributed by atoms with Crippen LogP contribution in [0, 0.1) is 0 Å². The number of hydrogen-bond acceptors (Lipinski definition) is 4.